The quantitative estimate of drug-likeness (QED) is 0.557. The fourth-order valence-corrected chi connectivity index (χ4v) is 2.46. The Labute approximate surface area is 138 Å². The highest BCUT2D eigenvalue weighted by molar-refractivity contribution is 5.90. The number of hydrogen-bond donors (Lipinski definition) is 1. The summed E-state index contributed by atoms with van der Waals surface area (Å²) in [7, 11) is 0. The van der Waals surface area contributed by atoms with Crippen LogP contribution in [0.5, 0.6) is 0 Å². The highest BCUT2D eigenvalue weighted by Gasteiger charge is 2.07. The van der Waals surface area contributed by atoms with Crippen molar-refractivity contribution in [2.24, 2.45) is 0 Å². The van der Waals surface area contributed by atoms with Gasteiger partial charge < -0.3 is 5.32 Å². The van der Waals surface area contributed by atoms with Crippen LogP contribution in [0.2, 0.25) is 0 Å². The Morgan fingerprint density at radius 3 is 2.67 bits per heavy atom. The summed E-state index contributed by atoms with van der Waals surface area (Å²) in [6.07, 6.45) is 2.17. The molecular weight excluding hydrogens is 308 g/mol. The number of amides is 1. The maximum absolute atomic E-state index is 11.7. The van der Waals surface area contributed by atoms with Crippen molar-refractivity contribution in [1.82, 2.24) is 9.78 Å². The van der Waals surface area contributed by atoms with E-state index in [-0.39, 0.29) is 25.3 Å². The molecule has 3 aromatic rings. The van der Waals surface area contributed by atoms with Gasteiger partial charge in [-0.15, -0.1) is 0 Å². The lowest BCUT2D eigenvalue weighted by atomic mass is 10.2. The third kappa shape index (κ3) is 3.57. The average molecular weight is 324 g/mol. The van der Waals surface area contributed by atoms with E-state index in [2.05, 4.69) is 10.4 Å². The van der Waals surface area contributed by atoms with Crippen molar-refractivity contribution in [2.75, 3.05) is 11.9 Å². The number of carbonyl (C=O) groups is 1. The largest absolute Gasteiger partial charge is 0.326 e. The summed E-state index contributed by atoms with van der Waals surface area (Å²) in [5.41, 5.74) is 2.55. The molecule has 0 spiro atoms. The number of carbonyl (C=O) groups excluding carboxylic acids is 1. The number of para-hydroxylation sites is 1. The summed E-state index contributed by atoms with van der Waals surface area (Å²) >= 11 is 0. The Hall–Kier alpha value is -3.22. The lowest BCUT2D eigenvalue weighted by Gasteiger charge is -2.07. The summed E-state index contributed by atoms with van der Waals surface area (Å²) in [6, 6.07) is 15.2. The maximum atomic E-state index is 11.7. The number of fused-ring (bicyclic) bond motifs is 1. The van der Waals surface area contributed by atoms with Crippen LogP contribution in [0.3, 0.4) is 0 Å². The molecule has 1 N–H and O–H groups in total. The third-order valence-corrected chi connectivity index (χ3v) is 3.62. The molecule has 1 heterocycles. The first-order chi connectivity index (χ1) is 11.6. The van der Waals surface area contributed by atoms with Crippen LogP contribution in [0.15, 0.2) is 54.7 Å². The van der Waals surface area contributed by atoms with E-state index < -0.39 is 4.92 Å². The van der Waals surface area contributed by atoms with Crippen LogP contribution in [0.4, 0.5) is 5.69 Å². The van der Waals surface area contributed by atoms with Crippen LogP contribution < -0.4 is 5.32 Å². The normalized spacial score (nSPS) is 10.7. The van der Waals surface area contributed by atoms with Crippen molar-refractivity contribution in [3.63, 3.8) is 0 Å². The predicted molar refractivity (Wildman–Crippen MR) is 90.8 cm³/mol. The first-order valence-electron chi connectivity index (χ1n) is 7.58. The summed E-state index contributed by atoms with van der Waals surface area (Å²) < 4.78 is 1.83. The minimum Gasteiger partial charge on any atom is -0.326 e. The zero-order chi connectivity index (χ0) is 16.9. The fraction of sp³-hybridized carbons (Fsp3) is 0.176. The van der Waals surface area contributed by atoms with Crippen LogP contribution in [0, 0.1) is 10.1 Å². The minimum absolute atomic E-state index is 0.131. The molecule has 0 radical (unpaired) electrons. The van der Waals surface area contributed by atoms with Crippen LogP contribution in [0.1, 0.15) is 12.8 Å². The van der Waals surface area contributed by atoms with Gasteiger partial charge in [-0.3, -0.25) is 14.9 Å². The van der Waals surface area contributed by atoms with Crippen molar-refractivity contribution in [3.8, 4) is 5.69 Å². The Bertz CT molecular complexity index is 871. The van der Waals surface area contributed by atoms with E-state index in [1.165, 1.54) is 0 Å². The number of nitro groups is 1. The van der Waals surface area contributed by atoms with E-state index in [1.54, 1.807) is 18.3 Å². The Kier molecular flexibility index (Phi) is 4.51. The van der Waals surface area contributed by atoms with E-state index in [0.717, 1.165) is 16.6 Å². The van der Waals surface area contributed by atoms with Gasteiger partial charge in [-0.25, -0.2) is 4.68 Å². The number of benzene rings is 2. The topological polar surface area (TPSA) is 90.1 Å². The zero-order valence-electron chi connectivity index (χ0n) is 12.9. The highest BCUT2D eigenvalue weighted by atomic mass is 16.6. The third-order valence-electron chi connectivity index (χ3n) is 3.62. The minimum atomic E-state index is -0.420. The van der Waals surface area contributed by atoms with Gasteiger partial charge in [-0.1, -0.05) is 18.2 Å². The van der Waals surface area contributed by atoms with E-state index >= 15 is 0 Å². The monoisotopic (exact) mass is 324 g/mol. The first kappa shape index (κ1) is 15.7. The summed E-state index contributed by atoms with van der Waals surface area (Å²) in [6.45, 7) is -0.196. The molecule has 0 saturated carbocycles. The molecule has 0 unspecified atom stereocenters. The molecule has 7 nitrogen and oxygen atoms in total. The second kappa shape index (κ2) is 6.91. The van der Waals surface area contributed by atoms with Gasteiger partial charge in [0.2, 0.25) is 12.5 Å². The molecule has 0 bridgehead atoms. The van der Waals surface area contributed by atoms with E-state index in [1.807, 2.05) is 41.1 Å². The van der Waals surface area contributed by atoms with Crippen LogP contribution in [0.25, 0.3) is 16.6 Å². The Balaban J connectivity index is 1.67. The predicted octanol–water partition coefficient (Wildman–Crippen LogP) is 3.02. The van der Waals surface area contributed by atoms with E-state index in [0.29, 0.717) is 5.69 Å². The summed E-state index contributed by atoms with van der Waals surface area (Å²) in [4.78, 5) is 21.6. The summed E-state index contributed by atoms with van der Waals surface area (Å²) in [5, 5.41) is 18.4. The van der Waals surface area contributed by atoms with Crippen molar-refractivity contribution < 1.29 is 9.72 Å². The van der Waals surface area contributed by atoms with Gasteiger partial charge in [0.15, 0.2) is 0 Å². The second-order valence-corrected chi connectivity index (χ2v) is 5.37. The SMILES string of the molecule is O=C(CCC[N+](=O)[O-])Nc1ccc(-n2ncc3ccccc32)cc1. The molecular formula is C17H16N4O3. The number of nitrogens with zero attached hydrogens (tertiary/aromatic N) is 3. The van der Waals surface area contributed by atoms with Crippen molar-refractivity contribution >= 4 is 22.5 Å². The zero-order valence-corrected chi connectivity index (χ0v) is 12.9. The first-order valence-corrected chi connectivity index (χ1v) is 7.58. The van der Waals surface area contributed by atoms with Gasteiger partial charge in [0, 0.05) is 28.8 Å². The standard InChI is InChI=1S/C17H16N4O3/c22-17(6-3-11-20(23)24)19-14-7-9-15(10-8-14)21-16-5-2-1-4-13(16)12-18-21/h1-2,4-5,7-10,12H,3,6,11H2,(H,19,22). The maximum Gasteiger partial charge on any atom is 0.224 e. The van der Waals surface area contributed by atoms with Crippen LogP contribution in [-0.4, -0.2) is 27.2 Å². The molecule has 0 aliphatic heterocycles. The van der Waals surface area contributed by atoms with Gasteiger partial charge in [-0.2, -0.15) is 5.10 Å². The van der Waals surface area contributed by atoms with Gasteiger partial charge in [0.05, 0.1) is 17.4 Å². The number of aromatic nitrogens is 2. The summed E-state index contributed by atoms with van der Waals surface area (Å²) in [5.74, 6) is -0.228. The molecule has 1 amide bonds. The molecule has 0 aliphatic rings. The van der Waals surface area contributed by atoms with Gasteiger partial charge in [0.25, 0.3) is 0 Å². The average Bonchev–Trinajstić information content (AvgIpc) is 2.99. The van der Waals surface area contributed by atoms with Gasteiger partial charge in [-0.05, 0) is 30.3 Å². The van der Waals surface area contributed by atoms with E-state index in [9.17, 15) is 14.9 Å². The second-order valence-electron chi connectivity index (χ2n) is 5.37. The number of anilines is 1. The van der Waals surface area contributed by atoms with Crippen molar-refractivity contribution in [3.05, 3.63) is 64.8 Å². The molecule has 122 valence electrons. The highest BCUT2D eigenvalue weighted by Crippen LogP contribution is 2.19. The van der Waals surface area contributed by atoms with E-state index in [4.69, 9.17) is 0 Å². The van der Waals surface area contributed by atoms with Crippen molar-refractivity contribution in [2.45, 2.75) is 12.8 Å². The smallest absolute Gasteiger partial charge is 0.224 e. The molecule has 0 fully saturated rings. The lowest BCUT2D eigenvalue weighted by Crippen LogP contribution is -2.13. The molecule has 3 rings (SSSR count). The number of rotatable bonds is 6. The van der Waals surface area contributed by atoms with Gasteiger partial charge >= 0.3 is 0 Å². The lowest BCUT2D eigenvalue weighted by molar-refractivity contribution is -0.480. The number of nitrogens with one attached hydrogen (secondary N) is 1. The molecule has 0 aliphatic carbocycles. The fourth-order valence-electron chi connectivity index (χ4n) is 2.46. The molecule has 7 heteroatoms. The van der Waals surface area contributed by atoms with Crippen LogP contribution >= 0.6 is 0 Å². The van der Waals surface area contributed by atoms with Crippen LogP contribution in [-0.2, 0) is 4.79 Å². The molecule has 2 aromatic carbocycles. The molecule has 0 saturated heterocycles. The number of hydrogen-bond acceptors (Lipinski definition) is 4. The Morgan fingerprint density at radius 2 is 1.92 bits per heavy atom. The molecule has 1 aromatic heterocycles. The molecule has 0 atom stereocenters. The molecule has 24 heavy (non-hydrogen) atoms. The van der Waals surface area contributed by atoms with Crippen molar-refractivity contribution in [1.29, 1.82) is 0 Å². The van der Waals surface area contributed by atoms with Gasteiger partial charge in [0.1, 0.15) is 0 Å². The Morgan fingerprint density at radius 1 is 1.17 bits per heavy atom.